The van der Waals surface area contributed by atoms with Crippen molar-refractivity contribution in [3.63, 3.8) is 0 Å². The van der Waals surface area contributed by atoms with E-state index in [0.29, 0.717) is 34.4 Å². The van der Waals surface area contributed by atoms with Gasteiger partial charge in [0, 0.05) is 16.3 Å². The number of aryl methyl sites for hydroxylation is 1. The van der Waals surface area contributed by atoms with Crippen molar-refractivity contribution in [1.82, 2.24) is 0 Å². The van der Waals surface area contributed by atoms with Crippen LogP contribution in [0, 0.1) is 18.3 Å². The molecule has 202 valence electrons. The number of nitrogens with one attached hydrogen (secondary N) is 1. The fraction of sp³-hybridized carbons (Fsp3) is 0.0857. The smallest absolute Gasteiger partial charge is 0.266 e. The van der Waals surface area contributed by atoms with Gasteiger partial charge in [-0.25, -0.2) is 0 Å². The molecule has 5 rings (SSSR count). The molecule has 0 saturated carbocycles. The molecule has 0 aliphatic heterocycles. The summed E-state index contributed by atoms with van der Waals surface area (Å²) in [5.41, 5.74) is 4.33. The van der Waals surface area contributed by atoms with E-state index in [1.54, 1.807) is 36.4 Å². The van der Waals surface area contributed by atoms with Crippen LogP contribution in [0.25, 0.3) is 16.8 Å². The molecule has 0 fully saturated rings. The zero-order chi connectivity index (χ0) is 28.6. The van der Waals surface area contributed by atoms with E-state index in [4.69, 9.17) is 21.1 Å². The molecule has 0 saturated heterocycles. The van der Waals surface area contributed by atoms with Crippen LogP contribution in [0.15, 0.2) is 115 Å². The normalized spacial score (nSPS) is 11.1. The Bertz CT molecular complexity index is 1750. The Morgan fingerprint density at radius 3 is 2.37 bits per heavy atom. The number of anilines is 1. The first-order chi connectivity index (χ1) is 20.0. The van der Waals surface area contributed by atoms with Crippen LogP contribution < -0.4 is 14.8 Å². The van der Waals surface area contributed by atoms with Crippen molar-refractivity contribution >= 4 is 40.0 Å². The summed E-state index contributed by atoms with van der Waals surface area (Å²) in [6.07, 6.45) is 1.57. The van der Waals surface area contributed by atoms with E-state index in [-0.39, 0.29) is 12.2 Å². The Hall–Kier alpha value is -5.05. The van der Waals surface area contributed by atoms with E-state index < -0.39 is 5.91 Å². The average Bonchev–Trinajstić information content (AvgIpc) is 2.99. The number of halogens is 1. The van der Waals surface area contributed by atoms with Crippen molar-refractivity contribution in [1.29, 1.82) is 5.26 Å². The molecular weight excluding hydrogens is 532 g/mol. The molecule has 0 aromatic heterocycles. The Morgan fingerprint density at radius 2 is 1.61 bits per heavy atom. The number of carbonyl (C=O) groups is 1. The molecule has 5 nitrogen and oxygen atoms in total. The van der Waals surface area contributed by atoms with Gasteiger partial charge in [0.2, 0.25) is 0 Å². The summed E-state index contributed by atoms with van der Waals surface area (Å²) in [7, 11) is 0. The van der Waals surface area contributed by atoms with E-state index >= 15 is 0 Å². The lowest BCUT2D eigenvalue weighted by atomic mass is 10.0. The van der Waals surface area contributed by atoms with Crippen LogP contribution in [0.4, 0.5) is 5.69 Å². The van der Waals surface area contributed by atoms with Gasteiger partial charge in [0.1, 0.15) is 36.4 Å². The summed E-state index contributed by atoms with van der Waals surface area (Å²) >= 11 is 6.13. The van der Waals surface area contributed by atoms with Gasteiger partial charge < -0.3 is 14.8 Å². The maximum atomic E-state index is 13.1. The highest BCUT2D eigenvalue weighted by molar-refractivity contribution is 6.30. The fourth-order valence-corrected chi connectivity index (χ4v) is 4.53. The second-order valence-corrected chi connectivity index (χ2v) is 9.98. The number of nitriles is 1. The molecule has 0 aliphatic rings. The number of nitrogens with zero attached hydrogens (tertiary/aromatic N) is 1. The summed E-state index contributed by atoms with van der Waals surface area (Å²) in [4.78, 5) is 13.1. The predicted octanol–water partition coefficient (Wildman–Crippen LogP) is 8.51. The molecule has 1 N–H and O–H groups in total. The number of hydrogen-bond donors (Lipinski definition) is 1. The SMILES string of the molecule is Cc1ccc(COc2ccc(NC(=O)/C(C#N)=C/c3c(OCc4cccc(Cl)c4)ccc4ccccc34)cc2)cc1. The van der Waals surface area contributed by atoms with Crippen molar-refractivity contribution in [3.05, 3.63) is 142 Å². The van der Waals surface area contributed by atoms with E-state index in [0.717, 1.165) is 21.9 Å². The second kappa shape index (κ2) is 12.9. The summed E-state index contributed by atoms with van der Waals surface area (Å²) in [5, 5.41) is 15.2. The van der Waals surface area contributed by atoms with Gasteiger partial charge in [-0.05, 0) is 77.4 Å². The maximum absolute atomic E-state index is 13.1. The zero-order valence-electron chi connectivity index (χ0n) is 22.4. The van der Waals surface area contributed by atoms with Gasteiger partial charge in [-0.2, -0.15) is 5.26 Å². The van der Waals surface area contributed by atoms with Gasteiger partial charge in [0.15, 0.2) is 0 Å². The van der Waals surface area contributed by atoms with Gasteiger partial charge in [-0.1, -0.05) is 83.9 Å². The van der Waals surface area contributed by atoms with Crippen LogP contribution in [0.5, 0.6) is 11.5 Å². The summed E-state index contributed by atoms with van der Waals surface area (Å²) in [6, 6.07) is 36.3. The minimum absolute atomic E-state index is 0.0475. The number of ether oxygens (including phenoxy) is 2. The van der Waals surface area contributed by atoms with E-state index in [2.05, 4.69) is 5.32 Å². The van der Waals surface area contributed by atoms with Crippen LogP contribution in [0.2, 0.25) is 5.02 Å². The summed E-state index contributed by atoms with van der Waals surface area (Å²) in [5.74, 6) is 0.714. The Balaban J connectivity index is 1.33. The highest BCUT2D eigenvalue weighted by atomic mass is 35.5. The van der Waals surface area contributed by atoms with Crippen LogP contribution in [-0.2, 0) is 18.0 Å². The number of carbonyl (C=O) groups excluding carboxylic acids is 1. The average molecular weight is 559 g/mol. The number of hydrogen-bond acceptors (Lipinski definition) is 4. The molecule has 0 atom stereocenters. The van der Waals surface area contributed by atoms with Crippen molar-refractivity contribution in [2.75, 3.05) is 5.32 Å². The van der Waals surface area contributed by atoms with Crippen LogP contribution >= 0.6 is 11.6 Å². The number of fused-ring (bicyclic) bond motifs is 1. The third-order valence-electron chi connectivity index (χ3n) is 6.51. The second-order valence-electron chi connectivity index (χ2n) is 9.54. The van der Waals surface area contributed by atoms with Crippen molar-refractivity contribution in [2.45, 2.75) is 20.1 Å². The third-order valence-corrected chi connectivity index (χ3v) is 6.74. The van der Waals surface area contributed by atoms with Crippen LogP contribution in [-0.4, -0.2) is 5.91 Å². The van der Waals surface area contributed by atoms with E-state index in [1.807, 2.05) is 91.9 Å². The third kappa shape index (κ3) is 7.13. The number of amides is 1. The Labute approximate surface area is 244 Å². The minimum atomic E-state index is -0.519. The van der Waals surface area contributed by atoms with Crippen LogP contribution in [0.3, 0.4) is 0 Å². The zero-order valence-corrected chi connectivity index (χ0v) is 23.2. The molecule has 0 spiro atoms. The first kappa shape index (κ1) is 27.5. The van der Waals surface area contributed by atoms with Crippen LogP contribution in [0.1, 0.15) is 22.3 Å². The molecule has 1 amide bonds. The molecule has 0 unspecified atom stereocenters. The Morgan fingerprint density at radius 1 is 0.854 bits per heavy atom. The quantitative estimate of drug-likeness (QED) is 0.145. The fourth-order valence-electron chi connectivity index (χ4n) is 4.32. The van der Waals surface area contributed by atoms with Gasteiger partial charge in [0.05, 0.1) is 0 Å². The monoisotopic (exact) mass is 558 g/mol. The minimum Gasteiger partial charge on any atom is -0.489 e. The molecule has 6 heteroatoms. The molecule has 0 bridgehead atoms. The first-order valence-corrected chi connectivity index (χ1v) is 13.5. The van der Waals surface area contributed by atoms with Gasteiger partial charge in [-0.15, -0.1) is 0 Å². The summed E-state index contributed by atoms with van der Waals surface area (Å²) < 4.78 is 12.0. The standard InChI is InChI=1S/C35H27ClN2O3/c1-24-9-11-25(12-10-24)22-40-31-16-14-30(15-17-31)38-35(39)28(21-37)20-33-32-8-3-2-6-27(32)13-18-34(33)41-23-26-5-4-7-29(36)19-26/h2-20H,22-23H2,1H3,(H,38,39)/b28-20+. The molecular formula is C35H27ClN2O3. The van der Waals surface area contributed by atoms with Gasteiger partial charge in [-0.3, -0.25) is 4.79 Å². The largest absolute Gasteiger partial charge is 0.489 e. The van der Waals surface area contributed by atoms with Crippen molar-refractivity contribution in [3.8, 4) is 17.6 Å². The predicted molar refractivity (Wildman–Crippen MR) is 164 cm³/mol. The topological polar surface area (TPSA) is 71.3 Å². The first-order valence-electron chi connectivity index (χ1n) is 13.1. The van der Waals surface area contributed by atoms with Gasteiger partial charge in [0.25, 0.3) is 5.91 Å². The molecule has 0 aliphatic carbocycles. The van der Waals surface area contributed by atoms with Crippen molar-refractivity contribution < 1.29 is 14.3 Å². The van der Waals surface area contributed by atoms with E-state index in [1.165, 1.54) is 5.56 Å². The highest BCUT2D eigenvalue weighted by Gasteiger charge is 2.14. The lowest BCUT2D eigenvalue weighted by Crippen LogP contribution is -2.13. The lowest BCUT2D eigenvalue weighted by molar-refractivity contribution is -0.112. The molecule has 5 aromatic carbocycles. The molecule has 5 aromatic rings. The molecule has 0 radical (unpaired) electrons. The number of rotatable bonds is 9. The number of benzene rings is 5. The lowest BCUT2D eigenvalue weighted by Gasteiger charge is -2.13. The Kier molecular flexibility index (Phi) is 8.64. The molecule has 0 heterocycles. The van der Waals surface area contributed by atoms with Crippen molar-refractivity contribution in [2.24, 2.45) is 0 Å². The van der Waals surface area contributed by atoms with Gasteiger partial charge >= 0.3 is 0 Å². The summed E-state index contributed by atoms with van der Waals surface area (Å²) in [6.45, 7) is 2.77. The molecule has 41 heavy (non-hydrogen) atoms. The highest BCUT2D eigenvalue weighted by Crippen LogP contribution is 2.31. The maximum Gasteiger partial charge on any atom is 0.266 e. The van der Waals surface area contributed by atoms with E-state index in [9.17, 15) is 10.1 Å².